The van der Waals surface area contributed by atoms with E-state index in [4.69, 9.17) is 19.1 Å². The van der Waals surface area contributed by atoms with Crippen LogP contribution in [0, 0.1) is 0 Å². The van der Waals surface area contributed by atoms with Crippen molar-refractivity contribution in [3.63, 3.8) is 0 Å². The van der Waals surface area contributed by atoms with Crippen molar-refractivity contribution < 1.29 is 23.9 Å². The Morgan fingerprint density at radius 2 is 2.41 bits per heavy atom. The Morgan fingerprint density at radius 1 is 1.59 bits per heavy atom. The second-order valence-electron chi connectivity index (χ2n) is 3.20. The average molecular weight is 244 g/mol. The highest BCUT2D eigenvalue weighted by Crippen LogP contribution is 2.04. The number of hydrogen-bond donors (Lipinski definition) is 2. The van der Waals surface area contributed by atoms with Crippen LogP contribution < -0.4 is 5.32 Å². The van der Waals surface area contributed by atoms with Gasteiger partial charge in [0.05, 0.1) is 19.8 Å². The van der Waals surface area contributed by atoms with Crippen LogP contribution >= 0.6 is 0 Å². The van der Waals surface area contributed by atoms with Gasteiger partial charge in [0, 0.05) is 19.7 Å². The van der Waals surface area contributed by atoms with Crippen molar-refractivity contribution in [2.75, 3.05) is 33.5 Å². The number of carbonyl (C=O) groups is 1. The van der Waals surface area contributed by atoms with Crippen LogP contribution in [0.2, 0.25) is 0 Å². The lowest BCUT2D eigenvalue weighted by Gasteiger charge is -2.02. The molecule has 7 heteroatoms. The van der Waals surface area contributed by atoms with Gasteiger partial charge in [-0.2, -0.15) is 0 Å². The number of hydrogen-bond acceptors (Lipinski definition) is 6. The van der Waals surface area contributed by atoms with Crippen LogP contribution in [0.5, 0.6) is 0 Å². The molecule has 0 atom stereocenters. The maximum atomic E-state index is 11.5. The molecule has 1 rings (SSSR count). The summed E-state index contributed by atoms with van der Waals surface area (Å²) in [7, 11) is 1.53. The molecule has 1 aromatic heterocycles. The molecule has 17 heavy (non-hydrogen) atoms. The normalized spacial score (nSPS) is 10.5. The third-order valence-electron chi connectivity index (χ3n) is 1.85. The molecule has 0 spiro atoms. The first-order valence-corrected chi connectivity index (χ1v) is 5.19. The molecular weight excluding hydrogens is 228 g/mol. The Bertz CT molecular complexity index is 339. The van der Waals surface area contributed by atoms with Crippen molar-refractivity contribution in [2.45, 2.75) is 6.61 Å². The molecule has 0 aromatic carbocycles. The summed E-state index contributed by atoms with van der Waals surface area (Å²) in [4.78, 5) is 11.5. The van der Waals surface area contributed by atoms with Gasteiger partial charge in [-0.15, -0.1) is 0 Å². The number of methoxy groups -OCH3 is 1. The molecule has 0 unspecified atom stereocenters. The minimum atomic E-state index is -0.330. The topological polar surface area (TPSA) is 93.8 Å². The number of ether oxygens (including phenoxy) is 2. The van der Waals surface area contributed by atoms with E-state index in [1.54, 1.807) is 0 Å². The van der Waals surface area contributed by atoms with E-state index in [0.29, 0.717) is 18.9 Å². The van der Waals surface area contributed by atoms with Gasteiger partial charge in [0.2, 0.25) is 0 Å². The van der Waals surface area contributed by atoms with E-state index in [2.05, 4.69) is 10.5 Å². The first-order chi connectivity index (χ1) is 8.27. The third-order valence-corrected chi connectivity index (χ3v) is 1.85. The molecule has 0 radical (unpaired) electrons. The molecule has 1 amide bonds. The number of aromatic nitrogens is 1. The van der Waals surface area contributed by atoms with Crippen molar-refractivity contribution in [3.8, 4) is 0 Å². The van der Waals surface area contributed by atoms with Crippen molar-refractivity contribution in [1.82, 2.24) is 10.5 Å². The molecule has 2 N–H and O–H groups in total. The zero-order chi connectivity index (χ0) is 12.5. The van der Waals surface area contributed by atoms with Gasteiger partial charge in [-0.3, -0.25) is 4.79 Å². The molecule has 0 aliphatic carbocycles. The Labute approximate surface area is 98.7 Å². The number of rotatable bonds is 8. The van der Waals surface area contributed by atoms with E-state index < -0.39 is 0 Å². The fraction of sp³-hybridized carbons (Fsp3) is 0.600. The lowest BCUT2D eigenvalue weighted by molar-refractivity contribution is 0.0832. The van der Waals surface area contributed by atoms with E-state index >= 15 is 0 Å². The minimum Gasteiger partial charge on any atom is -0.394 e. The molecule has 0 fully saturated rings. The van der Waals surface area contributed by atoms with Crippen LogP contribution in [0.25, 0.3) is 0 Å². The summed E-state index contributed by atoms with van der Waals surface area (Å²) in [6, 6.07) is 1.52. The summed E-state index contributed by atoms with van der Waals surface area (Å²) >= 11 is 0. The predicted molar refractivity (Wildman–Crippen MR) is 57.5 cm³/mol. The monoisotopic (exact) mass is 244 g/mol. The SMILES string of the molecule is COCc1cc(C(=O)NCCOCCO)no1. The van der Waals surface area contributed by atoms with Crippen LogP contribution in [-0.4, -0.2) is 49.6 Å². The summed E-state index contributed by atoms with van der Waals surface area (Å²) in [5.74, 6) is 0.165. The van der Waals surface area contributed by atoms with Crippen molar-refractivity contribution in [2.24, 2.45) is 0 Å². The minimum absolute atomic E-state index is 0.0301. The molecule has 96 valence electrons. The third kappa shape index (κ3) is 4.94. The van der Waals surface area contributed by atoms with Crippen molar-refractivity contribution >= 4 is 5.91 Å². The van der Waals surface area contributed by atoms with Crippen LogP contribution in [0.4, 0.5) is 0 Å². The number of aliphatic hydroxyl groups excluding tert-OH is 1. The van der Waals surface area contributed by atoms with Crippen LogP contribution in [0.1, 0.15) is 16.2 Å². The lowest BCUT2D eigenvalue weighted by atomic mass is 10.3. The standard InChI is InChI=1S/C10H16N2O5/c1-15-7-8-6-9(12-17-8)10(14)11-2-4-16-5-3-13/h6,13H,2-5,7H2,1H3,(H,11,14). The summed E-state index contributed by atoms with van der Waals surface area (Å²) in [6.07, 6.45) is 0. The van der Waals surface area contributed by atoms with Crippen LogP contribution in [0.15, 0.2) is 10.6 Å². The smallest absolute Gasteiger partial charge is 0.273 e. The molecule has 1 heterocycles. The lowest BCUT2D eigenvalue weighted by Crippen LogP contribution is -2.27. The van der Waals surface area contributed by atoms with Crippen molar-refractivity contribution in [1.29, 1.82) is 0 Å². The van der Waals surface area contributed by atoms with Gasteiger partial charge < -0.3 is 24.4 Å². The van der Waals surface area contributed by atoms with E-state index in [1.165, 1.54) is 13.2 Å². The molecule has 7 nitrogen and oxygen atoms in total. The Hall–Kier alpha value is -1.44. The molecule has 0 aliphatic heterocycles. The van der Waals surface area contributed by atoms with E-state index in [9.17, 15) is 4.79 Å². The fourth-order valence-corrected chi connectivity index (χ4v) is 1.12. The number of carbonyl (C=O) groups excluding carboxylic acids is 1. The Morgan fingerprint density at radius 3 is 3.12 bits per heavy atom. The zero-order valence-electron chi connectivity index (χ0n) is 9.64. The molecule has 0 saturated heterocycles. The second kappa shape index (κ2) is 7.77. The summed E-state index contributed by atoms with van der Waals surface area (Å²) in [5.41, 5.74) is 0.208. The van der Waals surface area contributed by atoms with E-state index in [-0.39, 0.29) is 31.4 Å². The number of nitrogens with zero attached hydrogens (tertiary/aromatic N) is 1. The molecule has 0 aliphatic rings. The second-order valence-corrected chi connectivity index (χ2v) is 3.20. The van der Waals surface area contributed by atoms with Gasteiger partial charge in [0.25, 0.3) is 5.91 Å². The quantitative estimate of drug-likeness (QED) is 0.602. The maximum Gasteiger partial charge on any atom is 0.273 e. The zero-order valence-corrected chi connectivity index (χ0v) is 9.64. The highest BCUT2D eigenvalue weighted by atomic mass is 16.5. The largest absolute Gasteiger partial charge is 0.394 e. The van der Waals surface area contributed by atoms with Gasteiger partial charge in [0.15, 0.2) is 11.5 Å². The summed E-state index contributed by atoms with van der Waals surface area (Å²) in [5, 5.41) is 14.7. The summed E-state index contributed by atoms with van der Waals surface area (Å²) < 4.78 is 14.7. The van der Waals surface area contributed by atoms with Gasteiger partial charge in [-0.25, -0.2) is 0 Å². The molecule has 0 saturated carbocycles. The Balaban J connectivity index is 2.26. The predicted octanol–water partition coefficient (Wildman–Crippen LogP) is -0.440. The number of amides is 1. The molecule has 0 bridgehead atoms. The maximum absolute atomic E-state index is 11.5. The average Bonchev–Trinajstić information content (AvgIpc) is 2.78. The Kier molecular flexibility index (Phi) is 6.23. The van der Waals surface area contributed by atoms with Gasteiger partial charge in [0.1, 0.15) is 6.61 Å². The first-order valence-electron chi connectivity index (χ1n) is 5.19. The van der Waals surface area contributed by atoms with E-state index in [0.717, 1.165) is 0 Å². The molecular formula is C10H16N2O5. The van der Waals surface area contributed by atoms with E-state index in [1.807, 2.05) is 0 Å². The van der Waals surface area contributed by atoms with Crippen LogP contribution in [-0.2, 0) is 16.1 Å². The first kappa shape index (κ1) is 13.6. The van der Waals surface area contributed by atoms with Gasteiger partial charge in [-0.1, -0.05) is 5.16 Å². The molecule has 1 aromatic rings. The number of aliphatic hydroxyl groups is 1. The highest BCUT2D eigenvalue weighted by molar-refractivity contribution is 5.92. The van der Waals surface area contributed by atoms with Gasteiger partial charge in [-0.05, 0) is 0 Å². The fourth-order valence-electron chi connectivity index (χ4n) is 1.12. The number of nitrogens with one attached hydrogen (secondary N) is 1. The van der Waals surface area contributed by atoms with Crippen LogP contribution in [0.3, 0.4) is 0 Å². The highest BCUT2D eigenvalue weighted by Gasteiger charge is 2.11. The van der Waals surface area contributed by atoms with Crippen molar-refractivity contribution in [3.05, 3.63) is 17.5 Å². The summed E-state index contributed by atoms with van der Waals surface area (Å²) in [6.45, 7) is 1.20. The van der Waals surface area contributed by atoms with Gasteiger partial charge >= 0.3 is 0 Å².